The van der Waals surface area contributed by atoms with Crippen molar-refractivity contribution in [2.45, 2.75) is 26.5 Å². The second-order valence-electron chi connectivity index (χ2n) is 8.36. The van der Waals surface area contributed by atoms with Gasteiger partial charge in [-0.1, -0.05) is 22.0 Å². The number of carboxylic acid groups (broad SMARTS) is 1. The van der Waals surface area contributed by atoms with Crippen LogP contribution in [0.25, 0.3) is 11.3 Å². The molecule has 4 aromatic rings. The van der Waals surface area contributed by atoms with Crippen LogP contribution in [0, 0.1) is 18.6 Å². The van der Waals surface area contributed by atoms with Gasteiger partial charge >= 0.3 is 5.97 Å². The van der Waals surface area contributed by atoms with Gasteiger partial charge in [0.05, 0.1) is 11.3 Å². The molecule has 0 spiro atoms. The van der Waals surface area contributed by atoms with E-state index in [1.54, 1.807) is 24.3 Å². The number of carboxylic acids is 1. The van der Waals surface area contributed by atoms with Gasteiger partial charge in [-0.25, -0.2) is 13.6 Å². The van der Waals surface area contributed by atoms with Gasteiger partial charge in [0.25, 0.3) is 0 Å². The summed E-state index contributed by atoms with van der Waals surface area (Å²) in [4.78, 5) is 23.8. The molecule has 0 saturated carbocycles. The Kier molecular flexibility index (Phi) is 8.03. The Balaban J connectivity index is 1.52. The van der Waals surface area contributed by atoms with Crippen molar-refractivity contribution in [1.29, 1.82) is 0 Å². The molecule has 0 fully saturated rings. The van der Waals surface area contributed by atoms with Crippen molar-refractivity contribution in [3.8, 4) is 17.0 Å². The normalized spacial score (nSPS) is 10.8. The first-order chi connectivity index (χ1) is 17.7. The van der Waals surface area contributed by atoms with E-state index in [9.17, 15) is 18.4 Å². The van der Waals surface area contributed by atoms with Gasteiger partial charge in [-0.2, -0.15) is 0 Å². The van der Waals surface area contributed by atoms with Crippen molar-refractivity contribution in [3.05, 3.63) is 106 Å². The minimum absolute atomic E-state index is 0.0851. The third kappa shape index (κ3) is 6.42. The number of hydrogen-bond donors (Lipinski definition) is 2. The fourth-order valence-electron chi connectivity index (χ4n) is 3.89. The second kappa shape index (κ2) is 11.4. The van der Waals surface area contributed by atoms with Crippen LogP contribution in [0.4, 0.5) is 14.5 Å². The summed E-state index contributed by atoms with van der Waals surface area (Å²) >= 11 is 3.48. The van der Waals surface area contributed by atoms with Crippen LogP contribution in [0.3, 0.4) is 0 Å². The van der Waals surface area contributed by atoms with Crippen LogP contribution in [-0.4, -0.2) is 21.6 Å². The average Bonchev–Trinajstić information content (AvgIpc) is 3.23. The summed E-state index contributed by atoms with van der Waals surface area (Å²) in [6.45, 7) is 2.19. The molecule has 0 bridgehead atoms. The van der Waals surface area contributed by atoms with Crippen molar-refractivity contribution >= 4 is 33.5 Å². The van der Waals surface area contributed by atoms with Crippen LogP contribution in [0.5, 0.6) is 5.75 Å². The molecule has 1 amide bonds. The van der Waals surface area contributed by atoms with Gasteiger partial charge in [-0.15, -0.1) is 0 Å². The summed E-state index contributed by atoms with van der Waals surface area (Å²) in [7, 11) is 0. The van der Waals surface area contributed by atoms with E-state index in [1.807, 2.05) is 29.7 Å². The number of halogens is 3. The Morgan fingerprint density at radius 2 is 1.84 bits per heavy atom. The third-order valence-electron chi connectivity index (χ3n) is 5.77. The molecule has 0 atom stereocenters. The number of rotatable bonds is 9. The van der Waals surface area contributed by atoms with Gasteiger partial charge in [-0.3, -0.25) is 4.79 Å². The third-order valence-corrected chi connectivity index (χ3v) is 6.26. The number of benzene rings is 3. The summed E-state index contributed by atoms with van der Waals surface area (Å²) in [6.07, 6.45) is 0.144. The van der Waals surface area contributed by atoms with Crippen molar-refractivity contribution in [1.82, 2.24) is 4.57 Å². The van der Waals surface area contributed by atoms with E-state index in [0.29, 0.717) is 18.0 Å². The number of carbonyl (C=O) groups is 2. The summed E-state index contributed by atoms with van der Waals surface area (Å²) in [6, 6.07) is 18.7. The minimum Gasteiger partial charge on any atom is -0.488 e. The maximum absolute atomic E-state index is 14.1. The minimum atomic E-state index is -1.07. The predicted molar refractivity (Wildman–Crippen MR) is 140 cm³/mol. The summed E-state index contributed by atoms with van der Waals surface area (Å²) < 4.78 is 36.1. The Labute approximate surface area is 220 Å². The number of hydrogen-bond acceptors (Lipinski definition) is 3. The quantitative estimate of drug-likeness (QED) is 0.232. The molecular weight excluding hydrogens is 546 g/mol. The molecule has 1 heterocycles. The Bertz CT molecular complexity index is 1470. The van der Waals surface area contributed by atoms with E-state index in [2.05, 4.69) is 21.2 Å². The first-order valence-electron chi connectivity index (χ1n) is 11.4. The maximum atomic E-state index is 14.1. The van der Waals surface area contributed by atoms with Crippen LogP contribution in [-0.2, 0) is 17.9 Å². The van der Waals surface area contributed by atoms with E-state index in [-0.39, 0.29) is 30.1 Å². The molecule has 0 unspecified atom stereocenters. The molecule has 0 aliphatic carbocycles. The number of aromatic carboxylic acids is 1. The molecule has 1 aromatic heterocycles. The molecule has 2 N–H and O–H groups in total. The molecular formula is C28H23BrF2N2O4. The van der Waals surface area contributed by atoms with E-state index < -0.39 is 17.6 Å². The van der Waals surface area contributed by atoms with Crippen LogP contribution in [0.2, 0.25) is 0 Å². The van der Waals surface area contributed by atoms with Gasteiger partial charge in [0.1, 0.15) is 24.0 Å². The molecule has 9 heteroatoms. The molecule has 4 rings (SSSR count). The van der Waals surface area contributed by atoms with E-state index in [1.165, 1.54) is 24.3 Å². The van der Waals surface area contributed by atoms with Crippen LogP contribution in [0.1, 0.15) is 28.0 Å². The highest BCUT2D eigenvalue weighted by atomic mass is 79.9. The SMILES string of the molecule is Cc1ccc(-c2cc(Br)ccc2OCc2ccc(F)cc2F)n1CCC(=O)Nc1cccc(C(=O)O)c1. The fourth-order valence-corrected chi connectivity index (χ4v) is 4.25. The first-order valence-corrected chi connectivity index (χ1v) is 12.2. The molecule has 37 heavy (non-hydrogen) atoms. The zero-order valence-electron chi connectivity index (χ0n) is 19.8. The number of anilines is 1. The largest absolute Gasteiger partial charge is 0.488 e. The average molecular weight is 569 g/mol. The smallest absolute Gasteiger partial charge is 0.335 e. The zero-order valence-corrected chi connectivity index (χ0v) is 21.4. The van der Waals surface area contributed by atoms with Crippen LogP contribution >= 0.6 is 15.9 Å². The molecule has 0 radical (unpaired) electrons. The lowest BCUT2D eigenvalue weighted by molar-refractivity contribution is -0.116. The standard InChI is InChI=1S/C28H23BrF2N2O4/c1-17-5-9-25(33(17)12-11-27(34)32-22-4-2-3-18(13-22)28(35)36)23-14-20(29)7-10-26(23)37-16-19-6-8-21(30)15-24(19)31/h2-10,13-15H,11-12,16H2,1H3,(H,32,34)(H,35,36). The summed E-state index contributed by atoms with van der Waals surface area (Å²) in [5.74, 6) is -2.17. The van der Waals surface area contributed by atoms with Gasteiger partial charge in [0.2, 0.25) is 5.91 Å². The number of aryl methyl sites for hydroxylation is 1. The molecule has 0 aliphatic rings. The molecule has 0 saturated heterocycles. The van der Waals surface area contributed by atoms with Gasteiger partial charge in [0, 0.05) is 46.0 Å². The van der Waals surface area contributed by atoms with Crippen LogP contribution < -0.4 is 10.1 Å². The number of aromatic nitrogens is 1. The van der Waals surface area contributed by atoms with Crippen molar-refractivity contribution in [3.63, 3.8) is 0 Å². The number of amides is 1. The highest BCUT2D eigenvalue weighted by Gasteiger charge is 2.16. The number of nitrogens with zero attached hydrogens (tertiary/aromatic N) is 1. The van der Waals surface area contributed by atoms with Gasteiger partial charge in [0.15, 0.2) is 0 Å². The Morgan fingerprint density at radius 3 is 2.59 bits per heavy atom. The fraction of sp³-hybridized carbons (Fsp3) is 0.143. The highest BCUT2D eigenvalue weighted by Crippen LogP contribution is 2.35. The number of carbonyl (C=O) groups excluding carboxylic acids is 1. The predicted octanol–water partition coefficient (Wildman–Crippen LogP) is 6.81. The van der Waals surface area contributed by atoms with E-state index in [0.717, 1.165) is 27.5 Å². The van der Waals surface area contributed by atoms with E-state index >= 15 is 0 Å². The second-order valence-corrected chi connectivity index (χ2v) is 9.28. The van der Waals surface area contributed by atoms with Gasteiger partial charge in [-0.05, 0) is 67.6 Å². The zero-order chi connectivity index (χ0) is 26.5. The van der Waals surface area contributed by atoms with Crippen molar-refractivity contribution < 1.29 is 28.2 Å². The maximum Gasteiger partial charge on any atom is 0.335 e. The lowest BCUT2D eigenvalue weighted by Crippen LogP contribution is -2.15. The number of nitrogens with one attached hydrogen (secondary N) is 1. The molecule has 190 valence electrons. The Hall–Kier alpha value is -3.98. The van der Waals surface area contributed by atoms with Crippen molar-refractivity contribution in [2.24, 2.45) is 0 Å². The monoisotopic (exact) mass is 568 g/mol. The topological polar surface area (TPSA) is 80.6 Å². The first kappa shape index (κ1) is 26.1. The highest BCUT2D eigenvalue weighted by molar-refractivity contribution is 9.10. The molecule has 3 aromatic carbocycles. The summed E-state index contributed by atoms with van der Waals surface area (Å²) in [5.41, 5.74) is 3.18. The Morgan fingerprint density at radius 1 is 1.03 bits per heavy atom. The number of ether oxygens (including phenoxy) is 1. The lowest BCUT2D eigenvalue weighted by Gasteiger charge is -2.16. The van der Waals surface area contributed by atoms with Crippen molar-refractivity contribution in [2.75, 3.05) is 5.32 Å². The molecule has 6 nitrogen and oxygen atoms in total. The summed E-state index contributed by atoms with van der Waals surface area (Å²) in [5, 5.41) is 11.9. The van der Waals surface area contributed by atoms with E-state index in [4.69, 9.17) is 9.84 Å². The van der Waals surface area contributed by atoms with Gasteiger partial charge < -0.3 is 19.7 Å². The van der Waals surface area contributed by atoms with Crippen LogP contribution in [0.15, 0.2) is 77.3 Å². The lowest BCUT2D eigenvalue weighted by atomic mass is 10.1. The molecule has 0 aliphatic heterocycles.